The van der Waals surface area contributed by atoms with Crippen LogP contribution in [-0.4, -0.2) is 33.2 Å². The highest BCUT2D eigenvalue weighted by atomic mass is 32.2. The van der Waals surface area contributed by atoms with Crippen LogP contribution >= 0.6 is 11.8 Å². The molecule has 0 aromatic heterocycles. The number of allylic oxidation sites excluding steroid dienone is 1. The molecule has 0 spiro atoms. The molecule has 21 heavy (non-hydrogen) atoms. The molecule has 0 fully saturated rings. The highest BCUT2D eigenvalue weighted by Gasteiger charge is 2.16. The van der Waals surface area contributed by atoms with Crippen LogP contribution < -0.4 is 0 Å². The topological polar surface area (TPSA) is 46.5 Å². The summed E-state index contributed by atoms with van der Waals surface area (Å²) in [7, 11) is -2.00. The molecule has 1 rings (SSSR count). The van der Waals surface area contributed by atoms with Gasteiger partial charge in [0.1, 0.15) is 5.04 Å². The average molecular weight is 333 g/mol. The van der Waals surface area contributed by atoms with Crippen molar-refractivity contribution in [2.24, 2.45) is 4.99 Å². The minimum absolute atomic E-state index is 0.208. The van der Waals surface area contributed by atoms with Crippen LogP contribution in [0.15, 0.2) is 39.6 Å². The van der Waals surface area contributed by atoms with Gasteiger partial charge < -0.3 is 0 Å². The third-order valence-electron chi connectivity index (χ3n) is 2.79. The van der Waals surface area contributed by atoms with E-state index in [0.29, 0.717) is 11.3 Å². The first-order valence-corrected chi connectivity index (χ1v) is 8.76. The lowest BCUT2D eigenvalue weighted by Gasteiger charge is -2.11. The smallest absolute Gasteiger partial charge is 0.280 e. The lowest BCUT2D eigenvalue weighted by molar-refractivity contribution is 0.229. The van der Waals surface area contributed by atoms with E-state index in [2.05, 4.69) is 11.6 Å². The highest BCUT2D eigenvalue weighted by Crippen LogP contribution is 2.26. The number of benzene rings is 1. The molecule has 7 heteroatoms. The van der Waals surface area contributed by atoms with Crippen molar-refractivity contribution in [2.75, 3.05) is 13.3 Å². The van der Waals surface area contributed by atoms with E-state index in [9.17, 15) is 17.2 Å². The fourth-order valence-corrected chi connectivity index (χ4v) is 3.03. The van der Waals surface area contributed by atoms with E-state index >= 15 is 0 Å². The normalized spacial score (nSPS) is 12.8. The van der Waals surface area contributed by atoms with Gasteiger partial charge in [0.15, 0.2) is 9.84 Å². The summed E-state index contributed by atoms with van der Waals surface area (Å²) in [5.74, 6) is 0. The van der Waals surface area contributed by atoms with Crippen LogP contribution in [-0.2, 0) is 16.3 Å². The van der Waals surface area contributed by atoms with Crippen molar-refractivity contribution >= 4 is 26.6 Å². The maximum atomic E-state index is 12.6. The van der Waals surface area contributed by atoms with Gasteiger partial charge in [-0.25, -0.2) is 17.2 Å². The number of alkyl halides is 2. The van der Waals surface area contributed by atoms with E-state index in [4.69, 9.17) is 0 Å². The molecular formula is C14H17F2NO2S2. The van der Waals surface area contributed by atoms with Crippen molar-refractivity contribution in [2.45, 2.75) is 24.7 Å². The second-order valence-corrected chi connectivity index (χ2v) is 7.76. The lowest BCUT2D eigenvalue weighted by Crippen LogP contribution is -2.06. The van der Waals surface area contributed by atoms with E-state index in [1.807, 2.05) is 6.92 Å². The van der Waals surface area contributed by atoms with Gasteiger partial charge in [-0.05, 0) is 35.1 Å². The number of nitrogens with zero attached hydrogens (tertiary/aromatic N) is 1. The first-order valence-electron chi connectivity index (χ1n) is 6.05. The van der Waals surface area contributed by atoms with Gasteiger partial charge in [0.25, 0.3) is 6.43 Å². The Balaban J connectivity index is 2.95. The summed E-state index contributed by atoms with van der Waals surface area (Å²) in [6.07, 6.45) is -1.20. The number of rotatable bonds is 5. The summed E-state index contributed by atoms with van der Waals surface area (Å²) in [4.78, 5) is 4.22. The predicted molar refractivity (Wildman–Crippen MR) is 84.1 cm³/mol. The number of hydrogen-bond acceptors (Lipinski definition) is 4. The summed E-state index contributed by atoms with van der Waals surface area (Å²) in [6, 6.07) is 4.79. The number of sulfone groups is 1. The summed E-state index contributed by atoms with van der Waals surface area (Å²) in [5, 5.41) is -0.295. The Morgan fingerprint density at radius 2 is 2.05 bits per heavy atom. The van der Waals surface area contributed by atoms with Crippen LogP contribution in [0.5, 0.6) is 0 Å². The van der Waals surface area contributed by atoms with Crippen molar-refractivity contribution in [1.29, 1.82) is 0 Å². The molecule has 0 aliphatic rings. The zero-order valence-electron chi connectivity index (χ0n) is 12.1. The number of aliphatic imine (C=N–C) groups is 1. The van der Waals surface area contributed by atoms with Crippen molar-refractivity contribution < 1.29 is 17.2 Å². The van der Waals surface area contributed by atoms with E-state index in [0.717, 1.165) is 29.1 Å². The molecule has 1 aromatic rings. The summed E-state index contributed by atoms with van der Waals surface area (Å²) in [6.45, 7) is 5.59. The van der Waals surface area contributed by atoms with Crippen molar-refractivity contribution in [1.82, 2.24) is 0 Å². The van der Waals surface area contributed by atoms with Crippen LogP contribution in [0.1, 0.15) is 11.1 Å². The average Bonchev–Trinajstić information content (AvgIpc) is 2.36. The van der Waals surface area contributed by atoms with Crippen LogP contribution in [0, 0.1) is 6.92 Å². The van der Waals surface area contributed by atoms with Gasteiger partial charge in [-0.2, -0.15) is 0 Å². The van der Waals surface area contributed by atoms with Crippen molar-refractivity contribution in [3.63, 3.8) is 0 Å². The maximum absolute atomic E-state index is 12.6. The molecule has 1 aromatic carbocycles. The zero-order valence-corrected chi connectivity index (χ0v) is 13.7. The zero-order chi connectivity index (χ0) is 16.2. The molecule has 0 saturated heterocycles. The molecule has 0 aliphatic heterocycles. The third-order valence-corrected chi connectivity index (χ3v) is 4.91. The number of halogens is 2. The molecule has 0 saturated carbocycles. The quantitative estimate of drug-likeness (QED) is 0.612. The molecule has 0 bridgehead atoms. The number of hydrogen-bond donors (Lipinski definition) is 0. The van der Waals surface area contributed by atoms with Gasteiger partial charge >= 0.3 is 0 Å². The lowest BCUT2D eigenvalue weighted by atomic mass is 10.1. The second-order valence-electron chi connectivity index (χ2n) is 4.54. The molecular weight excluding hydrogens is 316 g/mol. The van der Waals surface area contributed by atoms with Crippen LogP contribution in [0.3, 0.4) is 0 Å². The first-order chi connectivity index (χ1) is 9.65. The summed E-state index contributed by atoms with van der Waals surface area (Å²) in [5.41, 5.74) is 1.64. The Hall–Kier alpha value is -1.21. The molecule has 0 aliphatic carbocycles. The van der Waals surface area contributed by atoms with Crippen molar-refractivity contribution in [3.8, 4) is 0 Å². The van der Waals surface area contributed by atoms with E-state index < -0.39 is 16.3 Å². The van der Waals surface area contributed by atoms with Crippen LogP contribution in [0.2, 0.25) is 0 Å². The van der Waals surface area contributed by atoms with E-state index in [1.54, 1.807) is 12.1 Å². The van der Waals surface area contributed by atoms with E-state index in [1.165, 1.54) is 13.1 Å². The molecule has 116 valence electrons. The Kier molecular flexibility index (Phi) is 6.10. The minimum Gasteiger partial charge on any atom is -0.280 e. The van der Waals surface area contributed by atoms with Crippen LogP contribution in [0.4, 0.5) is 8.78 Å². The molecule has 0 amide bonds. The molecule has 0 heterocycles. The summed E-state index contributed by atoms with van der Waals surface area (Å²) < 4.78 is 48.4. The van der Waals surface area contributed by atoms with Gasteiger partial charge in [-0.15, -0.1) is 0 Å². The number of aryl methyl sites for hydroxylation is 1. The van der Waals surface area contributed by atoms with Gasteiger partial charge in [0.2, 0.25) is 0 Å². The van der Waals surface area contributed by atoms with Gasteiger partial charge in [0.05, 0.1) is 4.90 Å². The van der Waals surface area contributed by atoms with Crippen molar-refractivity contribution in [3.05, 3.63) is 40.8 Å². The Bertz CT molecular complexity index is 668. The Morgan fingerprint density at radius 3 is 2.52 bits per heavy atom. The Labute approximate surface area is 128 Å². The molecule has 0 atom stereocenters. The van der Waals surface area contributed by atoms with E-state index in [-0.39, 0.29) is 9.94 Å². The second kappa shape index (κ2) is 7.17. The van der Waals surface area contributed by atoms with Gasteiger partial charge in [-0.1, -0.05) is 24.4 Å². The van der Waals surface area contributed by atoms with Gasteiger partial charge in [0, 0.05) is 19.7 Å². The molecule has 3 nitrogen and oxygen atoms in total. The third kappa shape index (κ3) is 5.24. The largest absolute Gasteiger partial charge is 0.286 e. The van der Waals surface area contributed by atoms with Crippen LogP contribution in [0.25, 0.3) is 0 Å². The highest BCUT2D eigenvalue weighted by molar-refractivity contribution is 8.17. The molecule has 0 unspecified atom stereocenters. The minimum atomic E-state index is -3.30. The maximum Gasteiger partial charge on any atom is 0.286 e. The molecule has 0 N–H and O–H groups in total. The van der Waals surface area contributed by atoms with Gasteiger partial charge in [-0.3, -0.25) is 4.99 Å². The summed E-state index contributed by atoms with van der Waals surface area (Å²) >= 11 is 0.826. The Morgan fingerprint density at radius 1 is 1.43 bits per heavy atom. The SMILES string of the molecule is C=C(Cc1cc(S(C)(=O)=O)ccc1C)S/C(=N\C)C(F)F. The monoisotopic (exact) mass is 333 g/mol. The standard InChI is InChI=1S/C14H17F2NO2S2/c1-9-5-6-12(21(4,18)19)8-11(9)7-10(2)20-14(17-3)13(15)16/h5-6,8,13H,2,7H2,1,3-4H3/b17-14-. The molecule has 0 radical (unpaired) electrons. The number of thioether (sulfide) groups is 1. The fourth-order valence-electron chi connectivity index (χ4n) is 1.65. The fraction of sp³-hybridized carbons (Fsp3) is 0.357. The predicted octanol–water partition coefficient (Wildman–Crippen LogP) is 3.48. The first kappa shape index (κ1) is 17.8.